The summed E-state index contributed by atoms with van der Waals surface area (Å²) in [5.41, 5.74) is 0.0319. The molecule has 0 spiro atoms. The van der Waals surface area contributed by atoms with E-state index in [0.29, 0.717) is 11.1 Å². The third-order valence-electron chi connectivity index (χ3n) is 4.14. The van der Waals surface area contributed by atoms with E-state index < -0.39 is 33.0 Å². The third-order valence-corrected chi connectivity index (χ3v) is 8.08. The molecule has 4 rings (SSSR count). The number of pyridine rings is 1. The molecule has 0 unspecified atom stereocenters. The Labute approximate surface area is 189 Å². The Morgan fingerprint density at radius 2 is 1.87 bits per heavy atom. The lowest BCUT2D eigenvalue weighted by atomic mass is 10.2. The molecule has 0 bridgehead atoms. The molecule has 0 fully saturated rings. The molecule has 0 saturated heterocycles. The molecule has 0 radical (unpaired) electrons. The second-order valence-electron chi connectivity index (χ2n) is 6.26. The second-order valence-corrected chi connectivity index (χ2v) is 9.78. The van der Waals surface area contributed by atoms with E-state index in [1.54, 1.807) is 18.4 Å². The van der Waals surface area contributed by atoms with Gasteiger partial charge in [-0.25, -0.2) is 32.2 Å². The first kappa shape index (κ1) is 21.6. The molecule has 4 aromatic rings. The number of anilines is 3. The maximum absolute atomic E-state index is 15.1. The summed E-state index contributed by atoms with van der Waals surface area (Å²) < 4.78 is 56.7. The minimum atomic E-state index is -4.20. The van der Waals surface area contributed by atoms with Crippen molar-refractivity contribution in [2.75, 3.05) is 10.0 Å². The summed E-state index contributed by atoms with van der Waals surface area (Å²) in [4.78, 5) is 12.0. The highest BCUT2D eigenvalue weighted by Crippen LogP contribution is 2.35. The number of sulfonamides is 1. The fourth-order valence-corrected chi connectivity index (χ4v) is 5.73. The average molecular weight is 502 g/mol. The smallest absolute Gasteiger partial charge is 0.273 e. The molecule has 13 heteroatoms. The van der Waals surface area contributed by atoms with E-state index in [4.69, 9.17) is 23.2 Å². The SMILES string of the molecule is Cc1csc(S(=O)(=O)Nc2ccc(F)c(Nc3ncnc4ccc(Cl)nc34)c2F)c1Cl. The van der Waals surface area contributed by atoms with Crippen LogP contribution < -0.4 is 10.0 Å². The van der Waals surface area contributed by atoms with Crippen molar-refractivity contribution >= 4 is 72.8 Å². The number of nitrogens with zero attached hydrogens (tertiary/aromatic N) is 3. The van der Waals surface area contributed by atoms with Gasteiger partial charge in [-0.2, -0.15) is 0 Å². The van der Waals surface area contributed by atoms with Crippen LogP contribution in [0.3, 0.4) is 0 Å². The maximum Gasteiger partial charge on any atom is 0.273 e. The van der Waals surface area contributed by atoms with Gasteiger partial charge in [0.1, 0.15) is 28.5 Å². The zero-order valence-corrected chi connectivity index (χ0v) is 18.6. The number of hydrogen-bond acceptors (Lipinski definition) is 7. The Morgan fingerprint density at radius 1 is 1.10 bits per heavy atom. The fraction of sp³-hybridized carbons (Fsp3) is 0.0556. The van der Waals surface area contributed by atoms with Crippen molar-refractivity contribution in [3.63, 3.8) is 0 Å². The molecule has 2 N–H and O–H groups in total. The van der Waals surface area contributed by atoms with Crippen molar-refractivity contribution in [3.05, 3.63) is 63.3 Å². The Bertz CT molecular complexity index is 1430. The topological polar surface area (TPSA) is 96.9 Å². The van der Waals surface area contributed by atoms with Gasteiger partial charge < -0.3 is 5.32 Å². The van der Waals surface area contributed by atoms with Gasteiger partial charge in [0.05, 0.1) is 16.2 Å². The van der Waals surface area contributed by atoms with Crippen LogP contribution in [0.2, 0.25) is 10.2 Å². The highest BCUT2D eigenvalue weighted by atomic mass is 35.5. The van der Waals surface area contributed by atoms with Crippen molar-refractivity contribution in [3.8, 4) is 0 Å². The first-order valence-electron chi connectivity index (χ1n) is 8.46. The molecule has 0 saturated carbocycles. The Hall–Kier alpha value is -2.60. The van der Waals surface area contributed by atoms with Gasteiger partial charge in [-0.05, 0) is 42.1 Å². The predicted molar refractivity (Wildman–Crippen MR) is 117 cm³/mol. The number of benzene rings is 1. The molecule has 0 atom stereocenters. The van der Waals surface area contributed by atoms with Crippen LogP contribution in [0.4, 0.5) is 26.0 Å². The Kier molecular flexibility index (Phi) is 5.69. The number of hydrogen-bond donors (Lipinski definition) is 2. The molecule has 1 aromatic carbocycles. The van der Waals surface area contributed by atoms with Crippen LogP contribution in [0.1, 0.15) is 5.56 Å². The third kappa shape index (κ3) is 4.13. The van der Waals surface area contributed by atoms with Gasteiger partial charge in [-0.1, -0.05) is 23.2 Å². The van der Waals surface area contributed by atoms with Gasteiger partial charge >= 0.3 is 0 Å². The highest BCUT2D eigenvalue weighted by Gasteiger charge is 2.25. The maximum atomic E-state index is 15.1. The van der Waals surface area contributed by atoms with Gasteiger partial charge in [0.2, 0.25) is 0 Å². The van der Waals surface area contributed by atoms with Crippen LogP contribution in [-0.4, -0.2) is 23.4 Å². The number of nitrogens with one attached hydrogen (secondary N) is 2. The lowest BCUT2D eigenvalue weighted by molar-refractivity contribution is 0.589. The number of aromatic nitrogens is 3. The molecular formula is C18H11Cl2F2N5O2S2. The highest BCUT2D eigenvalue weighted by molar-refractivity contribution is 7.94. The van der Waals surface area contributed by atoms with E-state index in [1.165, 1.54) is 12.4 Å². The normalized spacial score (nSPS) is 11.6. The van der Waals surface area contributed by atoms with Crippen molar-refractivity contribution in [2.45, 2.75) is 11.1 Å². The first-order chi connectivity index (χ1) is 14.7. The quantitative estimate of drug-likeness (QED) is 0.349. The number of thiophene rings is 1. The van der Waals surface area contributed by atoms with Crippen molar-refractivity contribution in [2.24, 2.45) is 0 Å². The Morgan fingerprint density at radius 3 is 2.58 bits per heavy atom. The van der Waals surface area contributed by atoms with E-state index in [1.807, 2.05) is 0 Å². The van der Waals surface area contributed by atoms with Crippen molar-refractivity contribution in [1.82, 2.24) is 15.0 Å². The zero-order chi connectivity index (χ0) is 22.3. The Balaban J connectivity index is 1.74. The van der Waals surface area contributed by atoms with Crippen molar-refractivity contribution < 1.29 is 17.2 Å². The van der Waals surface area contributed by atoms with Crippen LogP contribution >= 0.6 is 34.5 Å². The molecule has 0 aliphatic rings. The van der Waals surface area contributed by atoms with E-state index >= 15 is 4.39 Å². The van der Waals surface area contributed by atoms with Crippen molar-refractivity contribution in [1.29, 1.82) is 0 Å². The molecule has 7 nitrogen and oxygen atoms in total. The van der Waals surface area contributed by atoms with Gasteiger partial charge in [-0.3, -0.25) is 4.72 Å². The number of halogens is 4. The summed E-state index contributed by atoms with van der Waals surface area (Å²) in [5, 5.41) is 4.24. The van der Waals surface area contributed by atoms with Gasteiger partial charge in [0, 0.05) is 0 Å². The van der Waals surface area contributed by atoms with Crippen LogP contribution in [0, 0.1) is 18.6 Å². The van der Waals surface area contributed by atoms with E-state index in [9.17, 15) is 12.8 Å². The van der Waals surface area contributed by atoms with E-state index in [0.717, 1.165) is 23.5 Å². The average Bonchev–Trinajstić information content (AvgIpc) is 3.07. The van der Waals surface area contributed by atoms with E-state index in [2.05, 4.69) is 25.0 Å². The van der Waals surface area contributed by atoms with Gasteiger partial charge in [0.15, 0.2) is 15.8 Å². The molecule has 3 aromatic heterocycles. The molecule has 3 heterocycles. The van der Waals surface area contributed by atoms with Crippen LogP contribution in [0.15, 0.2) is 40.2 Å². The predicted octanol–water partition coefficient (Wildman–Crippen LogP) is 5.52. The van der Waals surface area contributed by atoms with Crippen LogP contribution in [0.25, 0.3) is 11.0 Å². The van der Waals surface area contributed by atoms with Crippen LogP contribution in [0.5, 0.6) is 0 Å². The fourth-order valence-electron chi connectivity index (χ4n) is 2.65. The summed E-state index contributed by atoms with van der Waals surface area (Å²) in [6, 6.07) is 4.96. The molecule has 160 valence electrons. The molecule has 31 heavy (non-hydrogen) atoms. The summed E-state index contributed by atoms with van der Waals surface area (Å²) in [5.74, 6) is -2.16. The monoisotopic (exact) mass is 501 g/mol. The van der Waals surface area contributed by atoms with E-state index in [-0.39, 0.29) is 25.7 Å². The zero-order valence-electron chi connectivity index (χ0n) is 15.5. The summed E-state index contributed by atoms with van der Waals surface area (Å²) >= 11 is 12.8. The lowest BCUT2D eigenvalue weighted by Gasteiger charge is -2.13. The molecular weight excluding hydrogens is 491 g/mol. The summed E-state index contributed by atoms with van der Waals surface area (Å²) in [7, 11) is -4.20. The number of fused-ring (bicyclic) bond motifs is 1. The standard InChI is InChI=1S/C18H11Cl2F2N5O2S2/c1-8-6-30-18(13(8)20)31(28,29)27-10-3-2-9(21)15(14(10)22)26-17-16-11(23-7-24-17)4-5-12(19)25-16/h2-7,27H,1H3,(H,23,24,26). The number of aryl methyl sites for hydroxylation is 1. The van der Waals surface area contributed by atoms with Crippen LogP contribution in [-0.2, 0) is 10.0 Å². The summed E-state index contributed by atoms with van der Waals surface area (Å²) in [6.07, 6.45) is 1.18. The second kappa shape index (κ2) is 8.15. The molecule has 0 aliphatic heterocycles. The molecule has 0 amide bonds. The minimum absolute atomic E-state index is 0.0118. The van der Waals surface area contributed by atoms with Gasteiger partial charge in [-0.15, -0.1) is 11.3 Å². The lowest BCUT2D eigenvalue weighted by Crippen LogP contribution is -2.14. The van der Waals surface area contributed by atoms with Gasteiger partial charge in [0.25, 0.3) is 10.0 Å². The minimum Gasteiger partial charge on any atom is -0.333 e. The summed E-state index contributed by atoms with van der Waals surface area (Å²) in [6.45, 7) is 1.64. The largest absolute Gasteiger partial charge is 0.333 e. The molecule has 0 aliphatic carbocycles. The first-order valence-corrected chi connectivity index (χ1v) is 11.6. The number of rotatable bonds is 5.